The van der Waals surface area contributed by atoms with Crippen LogP contribution in [-0.2, 0) is 0 Å². The van der Waals surface area contributed by atoms with Crippen LogP contribution in [0.2, 0.25) is 0 Å². The molecule has 3 aromatic carbocycles. The molecule has 2 heteroatoms. The highest BCUT2D eigenvalue weighted by atomic mass is 16.4. The molecular formula is C15H13BO. The summed E-state index contributed by atoms with van der Waals surface area (Å²) >= 11 is 0. The van der Waals surface area contributed by atoms with Crippen molar-refractivity contribution in [1.82, 2.24) is 0 Å². The first kappa shape index (κ1) is 10.2. The maximum atomic E-state index is 5.37. The molecule has 0 saturated carbocycles. The first-order valence-corrected chi connectivity index (χ1v) is 5.76. The second-order valence-corrected chi connectivity index (χ2v) is 4.31. The average molecular weight is 220 g/mol. The van der Waals surface area contributed by atoms with E-state index in [4.69, 9.17) is 4.65 Å². The summed E-state index contributed by atoms with van der Waals surface area (Å²) in [6.07, 6.45) is 0. The topological polar surface area (TPSA) is 9.23 Å². The third kappa shape index (κ3) is 1.57. The highest BCUT2D eigenvalue weighted by molar-refractivity contribution is 6.03. The number of rotatable bonds is 1. The summed E-state index contributed by atoms with van der Waals surface area (Å²) in [4.78, 5) is 0. The average Bonchev–Trinajstić information content (AvgIpc) is 2.37. The molecular weight excluding hydrogens is 207 g/mol. The van der Waals surface area contributed by atoms with Gasteiger partial charge in [0.05, 0.1) is 0 Å². The molecule has 0 spiro atoms. The normalized spacial score (nSPS) is 10.9. The SMILES string of the molecule is BOc1ccc2cc3ccccc3cc2c1C. The molecule has 0 amide bonds. The zero-order valence-electron chi connectivity index (χ0n) is 10.0. The molecule has 0 aliphatic carbocycles. The lowest BCUT2D eigenvalue weighted by atomic mass is 10.00. The van der Waals surface area contributed by atoms with Gasteiger partial charge < -0.3 is 4.65 Å². The Morgan fingerprint density at radius 2 is 1.59 bits per heavy atom. The fourth-order valence-corrected chi connectivity index (χ4v) is 2.36. The van der Waals surface area contributed by atoms with Crippen molar-refractivity contribution in [3.63, 3.8) is 0 Å². The molecule has 0 aromatic heterocycles. The van der Waals surface area contributed by atoms with Crippen molar-refractivity contribution >= 4 is 29.6 Å². The minimum Gasteiger partial charge on any atom is -0.568 e. The standard InChI is InChI=1S/C15H13BO/c1-10-14-9-12-5-3-2-4-11(12)8-13(14)6-7-15(10)17-16/h2-9H,16H2,1H3. The molecule has 0 N–H and O–H groups in total. The Morgan fingerprint density at radius 3 is 2.29 bits per heavy atom. The van der Waals surface area contributed by atoms with Crippen LogP contribution in [0.4, 0.5) is 0 Å². The van der Waals surface area contributed by atoms with E-state index in [1.807, 2.05) is 6.07 Å². The molecule has 82 valence electrons. The largest absolute Gasteiger partial charge is 0.568 e. The van der Waals surface area contributed by atoms with Crippen LogP contribution in [-0.4, -0.2) is 8.05 Å². The molecule has 0 atom stereocenters. The lowest BCUT2D eigenvalue weighted by Crippen LogP contribution is -1.90. The number of aryl methyl sites for hydroxylation is 1. The second-order valence-electron chi connectivity index (χ2n) is 4.31. The van der Waals surface area contributed by atoms with Crippen molar-refractivity contribution < 1.29 is 4.65 Å². The second kappa shape index (κ2) is 3.81. The van der Waals surface area contributed by atoms with Gasteiger partial charge in [0, 0.05) is 0 Å². The Morgan fingerprint density at radius 1 is 0.882 bits per heavy atom. The molecule has 0 heterocycles. The van der Waals surface area contributed by atoms with Crippen molar-refractivity contribution in [2.45, 2.75) is 6.92 Å². The molecule has 0 fully saturated rings. The van der Waals surface area contributed by atoms with Gasteiger partial charge in [-0.2, -0.15) is 0 Å². The van der Waals surface area contributed by atoms with Gasteiger partial charge in [0.2, 0.25) is 0 Å². The van der Waals surface area contributed by atoms with E-state index in [-0.39, 0.29) is 0 Å². The van der Waals surface area contributed by atoms with Crippen LogP contribution in [0.25, 0.3) is 21.5 Å². The summed E-state index contributed by atoms with van der Waals surface area (Å²) in [7, 11) is 1.72. The summed E-state index contributed by atoms with van der Waals surface area (Å²) in [6, 6.07) is 17.1. The zero-order chi connectivity index (χ0) is 11.8. The van der Waals surface area contributed by atoms with E-state index in [1.165, 1.54) is 27.1 Å². The predicted octanol–water partition coefficient (Wildman–Crippen LogP) is 3.23. The zero-order valence-corrected chi connectivity index (χ0v) is 10.0. The fraction of sp³-hybridized carbons (Fsp3) is 0.0667. The van der Waals surface area contributed by atoms with E-state index < -0.39 is 0 Å². The Hall–Kier alpha value is -1.96. The van der Waals surface area contributed by atoms with Crippen LogP contribution in [0.1, 0.15) is 5.56 Å². The van der Waals surface area contributed by atoms with Gasteiger partial charge in [0.25, 0.3) is 0 Å². The van der Waals surface area contributed by atoms with Crippen LogP contribution in [0, 0.1) is 6.92 Å². The molecule has 0 aliphatic rings. The van der Waals surface area contributed by atoms with Crippen LogP contribution in [0.15, 0.2) is 48.5 Å². The van der Waals surface area contributed by atoms with Gasteiger partial charge in [-0.1, -0.05) is 30.3 Å². The summed E-state index contributed by atoms with van der Waals surface area (Å²) in [5.74, 6) is 0.952. The van der Waals surface area contributed by atoms with Crippen molar-refractivity contribution in [3.8, 4) is 5.75 Å². The first-order chi connectivity index (χ1) is 8.29. The van der Waals surface area contributed by atoms with Crippen molar-refractivity contribution in [3.05, 3.63) is 54.1 Å². The summed E-state index contributed by atoms with van der Waals surface area (Å²) in [6.45, 7) is 2.11. The van der Waals surface area contributed by atoms with Crippen molar-refractivity contribution in [2.75, 3.05) is 0 Å². The molecule has 0 bridgehead atoms. The van der Waals surface area contributed by atoms with Crippen LogP contribution in [0.5, 0.6) is 5.75 Å². The van der Waals surface area contributed by atoms with Gasteiger partial charge in [0.1, 0.15) is 5.75 Å². The van der Waals surface area contributed by atoms with E-state index in [1.54, 1.807) is 8.05 Å². The van der Waals surface area contributed by atoms with Gasteiger partial charge in [-0.15, -0.1) is 0 Å². The number of benzene rings is 3. The van der Waals surface area contributed by atoms with E-state index in [2.05, 4.69) is 49.4 Å². The predicted molar refractivity (Wildman–Crippen MR) is 75.4 cm³/mol. The number of hydrogen-bond donors (Lipinski definition) is 0. The smallest absolute Gasteiger partial charge is 0.322 e. The molecule has 0 saturated heterocycles. The van der Waals surface area contributed by atoms with Gasteiger partial charge in [-0.3, -0.25) is 0 Å². The monoisotopic (exact) mass is 220 g/mol. The Bertz CT molecular complexity index is 704. The van der Waals surface area contributed by atoms with E-state index in [0.717, 1.165) is 5.75 Å². The number of hydrogen-bond acceptors (Lipinski definition) is 1. The maximum Gasteiger partial charge on any atom is 0.322 e. The highest BCUT2D eigenvalue weighted by Gasteiger charge is 2.04. The molecule has 3 rings (SSSR count). The molecule has 0 aliphatic heterocycles. The molecule has 17 heavy (non-hydrogen) atoms. The number of fused-ring (bicyclic) bond motifs is 2. The van der Waals surface area contributed by atoms with E-state index in [0.29, 0.717) is 0 Å². The lowest BCUT2D eigenvalue weighted by molar-refractivity contribution is 0.612. The molecule has 3 aromatic rings. The third-order valence-electron chi connectivity index (χ3n) is 3.33. The quantitative estimate of drug-likeness (QED) is 0.452. The summed E-state index contributed by atoms with van der Waals surface area (Å²) in [5, 5.41) is 5.09. The highest BCUT2D eigenvalue weighted by Crippen LogP contribution is 2.30. The summed E-state index contributed by atoms with van der Waals surface area (Å²) < 4.78 is 5.37. The minimum atomic E-state index is 0.952. The first-order valence-electron chi connectivity index (χ1n) is 5.76. The van der Waals surface area contributed by atoms with Gasteiger partial charge >= 0.3 is 8.05 Å². The van der Waals surface area contributed by atoms with Crippen LogP contribution >= 0.6 is 0 Å². The Balaban J connectivity index is 2.44. The van der Waals surface area contributed by atoms with Crippen LogP contribution in [0.3, 0.4) is 0 Å². The molecule has 0 radical (unpaired) electrons. The van der Waals surface area contributed by atoms with Crippen LogP contribution < -0.4 is 4.65 Å². The minimum absolute atomic E-state index is 0.952. The van der Waals surface area contributed by atoms with Crippen molar-refractivity contribution in [2.24, 2.45) is 0 Å². The maximum absolute atomic E-state index is 5.37. The Labute approximate surface area is 101 Å². The van der Waals surface area contributed by atoms with Gasteiger partial charge in [-0.05, 0) is 52.2 Å². The Kier molecular flexibility index (Phi) is 2.29. The van der Waals surface area contributed by atoms with E-state index in [9.17, 15) is 0 Å². The molecule has 1 nitrogen and oxygen atoms in total. The lowest BCUT2D eigenvalue weighted by Gasteiger charge is -2.10. The molecule has 0 unspecified atom stereocenters. The van der Waals surface area contributed by atoms with Crippen molar-refractivity contribution in [1.29, 1.82) is 0 Å². The van der Waals surface area contributed by atoms with Gasteiger partial charge in [-0.25, -0.2) is 0 Å². The third-order valence-corrected chi connectivity index (χ3v) is 3.33. The van der Waals surface area contributed by atoms with Gasteiger partial charge in [0.15, 0.2) is 0 Å². The fourth-order valence-electron chi connectivity index (χ4n) is 2.36. The summed E-state index contributed by atoms with van der Waals surface area (Å²) in [5.41, 5.74) is 1.20. The van der Waals surface area contributed by atoms with E-state index >= 15 is 0 Å².